The summed E-state index contributed by atoms with van der Waals surface area (Å²) in [5.41, 5.74) is 4.90. The van der Waals surface area contributed by atoms with Crippen molar-refractivity contribution < 1.29 is 14.3 Å². The summed E-state index contributed by atoms with van der Waals surface area (Å²) < 4.78 is 11.2. The Balaban J connectivity index is 1.77. The van der Waals surface area contributed by atoms with Crippen molar-refractivity contribution in [2.75, 3.05) is 0 Å². The number of ether oxygens (including phenoxy) is 2. The van der Waals surface area contributed by atoms with Crippen LogP contribution in [-0.2, 0) is 4.74 Å². The zero-order chi connectivity index (χ0) is 11.5. The maximum Gasteiger partial charge on any atom is 0.404 e. The molecule has 1 aliphatic carbocycles. The van der Waals surface area contributed by atoms with Gasteiger partial charge in [0.1, 0.15) is 22.6 Å². The molecule has 16 heavy (non-hydrogen) atoms. The lowest BCUT2D eigenvalue weighted by molar-refractivity contribution is -0.0198. The van der Waals surface area contributed by atoms with Crippen LogP contribution in [0.25, 0.3) is 0 Å². The standard InChI is InChI=1S/C10H11BrN2O3/c11-9-2-1-6(5-13-9)15-7-3-8(4-7)16-10(12)14/h1-2,5,7-8H,3-4H2,(H2,12,14). The van der Waals surface area contributed by atoms with Gasteiger partial charge >= 0.3 is 6.09 Å². The van der Waals surface area contributed by atoms with Gasteiger partial charge in [-0.05, 0) is 28.1 Å². The minimum Gasteiger partial charge on any atom is -0.489 e. The first-order chi connectivity index (χ1) is 7.63. The van der Waals surface area contributed by atoms with Gasteiger partial charge in [0.05, 0.1) is 6.20 Å². The first-order valence-corrected chi connectivity index (χ1v) is 5.67. The van der Waals surface area contributed by atoms with E-state index in [-0.39, 0.29) is 12.2 Å². The van der Waals surface area contributed by atoms with E-state index in [0.717, 1.165) is 4.60 Å². The molecule has 1 fully saturated rings. The van der Waals surface area contributed by atoms with Crippen molar-refractivity contribution in [1.29, 1.82) is 0 Å². The second kappa shape index (κ2) is 4.69. The van der Waals surface area contributed by atoms with E-state index < -0.39 is 6.09 Å². The molecule has 1 aromatic rings. The van der Waals surface area contributed by atoms with Gasteiger partial charge in [0, 0.05) is 12.8 Å². The number of nitrogens with two attached hydrogens (primary N) is 1. The Kier molecular flexibility index (Phi) is 3.28. The van der Waals surface area contributed by atoms with Crippen molar-refractivity contribution in [2.24, 2.45) is 5.73 Å². The summed E-state index contributed by atoms with van der Waals surface area (Å²) in [5, 5.41) is 0. The second-order valence-corrected chi connectivity index (χ2v) is 4.40. The van der Waals surface area contributed by atoms with Crippen LogP contribution in [0.4, 0.5) is 4.79 Å². The van der Waals surface area contributed by atoms with Gasteiger partial charge in [0.2, 0.25) is 0 Å². The fourth-order valence-electron chi connectivity index (χ4n) is 1.50. The van der Waals surface area contributed by atoms with E-state index in [0.29, 0.717) is 18.6 Å². The summed E-state index contributed by atoms with van der Waals surface area (Å²) in [7, 11) is 0. The van der Waals surface area contributed by atoms with Gasteiger partial charge in [0.25, 0.3) is 0 Å². The van der Waals surface area contributed by atoms with Gasteiger partial charge in [-0.1, -0.05) is 0 Å². The maximum atomic E-state index is 10.4. The molecule has 0 aliphatic heterocycles. The highest BCUT2D eigenvalue weighted by molar-refractivity contribution is 9.10. The molecule has 0 unspecified atom stereocenters. The number of aromatic nitrogens is 1. The number of carbonyl (C=O) groups excluding carboxylic acids is 1. The van der Waals surface area contributed by atoms with Crippen molar-refractivity contribution in [3.8, 4) is 5.75 Å². The van der Waals surface area contributed by atoms with Gasteiger partial charge < -0.3 is 15.2 Å². The third-order valence-corrected chi connectivity index (χ3v) is 2.81. The average molecular weight is 287 g/mol. The van der Waals surface area contributed by atoms with Crippen LogP contribution in [0.15, 0.2) is 22.9 Å². The minimum atomic E-state index is -0.728. The fourth-order valence-corrected chi connectivity index (χ4v) is 1.73. The number of nitrogens with zero attached hydrogens (tertiary/aromatic N) is 1. The molecule has 1 amide bonds. The molecular formula is C10H11BrN2O3. The Morgan fingerprint density at radius 2 is 2.19 bits per heavy atom. The third-order valence-electron chi connectivity index (χ3n) is 2.34. The molecule has 1 aliphatic rings. The van der Waals surface area contributed by atoms with E-state index in [4.69, 9.17) is 15.2 Å². The summed E-state index contributed by atoms with van der Waals surface area (Å²) in [6.07, 6.45) is 2.25. The monoisotopic (exact) mass is 286 g/mol. The van der Waals surface area contributed by atoms with Gasteiger partial charge in [-0.15, -0.1) is 0 Å². The number of halogens is 1. The van der Waals surface area contributed by atoms with Crippen LogP contribution >= 0.6 is 15.9 Å². The highest BCUT2D eigenvalue weighted by Gasteiger charge is 2.33. The van der Waals surface area contributed by atoms with Crippen LogP contribution in [0.5, 0.6) is 5.75 Å². The summed E-state index contributed by atoms with van der Waals surface area (Å²) in [6.45, 7) is 0. The Morgan fingerprint density at radius 1 is 1.44 bits per heavy atom. The zero-order valence-electron chi connectivity index (χ0n) is 8.43. The van der Waals surface area contributed by atoms with Crippen LogP contribution in [0, 0.1) is 0 Å². The summed E-state index contributed by atoms with van der Waals surface area (Å²) in [6, 6.07) is 3.64. The Labute approximate surface area is 101 Å². The van der Waals surface area contributed by atoms with E-state index >= 15 is 0 Å². The zero-order valence-corrected chi connectivity index (χ0v) is 10.0. The van der Waals surface area contributed by atoms with E-state index in [1.54, 1.807) is 6.20 Å². The lowest BCUT2D eigenvalue weighted by Gasteiger charge is -2.33. The molecule has 1 saturated carbocycles. The normalized spacial score (nSPS) is 23.3. The van der Waals surface area contributed by atoms with Crippen LogP contribution < -0.4 is 10.5 Å². The Morgan fingerprint density at radius 3 is 2.75 bits per heavy atom. The van der Waals surface area contributed by atoms with Gasteiger partial charge in [-0.2, -0.15) is 0 Å². The van der Waals surface area contributed by atoms with E-state index in [1.165, 1.54) is 0 Å². The highest BCUT2D eigenvalue weighted by Crippen LogP contribution is 2.28. The SMILES string of the molecule is NC(=O)OC1CC(Oc2ccc(Br)nc2)C1. The number of hydrogen-bond donors (Lipinski definition) is 1. The third kappa shape index (κ3) is 2.85. The molecule has 1 aromatic heterocycles. The predicted octanol–water partition coefficient (Wildman–Crippen LogP) is 1.85. The largest absolute Gasteiger partial charge is 0.489 e. The molecule has 1 heterocycles. The number of carbonyl (C=O) groups is 1. The van der Waals surface area contributed by atoms with Gasteiger partial charge in [0.15, 0.2) is 0 Å². The number of hydrogen-bond acceptors (Lipinski definition) is 4. The predicted molar refractivity (Wildman–Crippen MR) is 60.0 cm³/mol. The van der Waals surface area contributed by atoms with Crippen molar-refractivity contribution in [1.82, 2.24) is 4.98 Å². The van der Waals surface area contributed by atoms with Crippen molar-refractivity contribution >= 4 is 22.0 Å². The van der Waals surface area contributed by atoms with Crippen molar-refractivity contribution in [3.63, 3.8) is 0 Å². The molecule has 0 saturated heterocycles. The lowest BCUT2D eigenvalue weighted by Crippen LogP contribution is -2.41. The Hall–Kier alpha value is -1.30. The number of primary amides is 1. The van der Waals surface area contributed by atoms with Crippen molar-refractivity contribution in [2.45, 2.75) is 25.0 Å². The quantitative estimate of drug-likeness (QED) is 0.861. The van der Waals surface area contributed by atoms with Gasteiger partial charge in [-0.3, -0.25) is 0 Å². The second-order valence-electron chi connectivity index (χ2n) is 3.59. The number of amides is 1. The van der Waals surface area contributed by atoms with Crippen LogP contribution in [0.3, 0.4) is 0 Å². The molecule has 0 spiro atoms. The molecule has 2 N–H and O–H groups in total. The molecule has 6 heteroatoms. The fraction of sp³-hybridized carbons (Fsp3) is 0.400. The van der Waals surface area contributed by atoms with E-state index in [2.05, 4.69) is 20.9 Å². The molecule has 0 radical (unpaired) electrons. The minimum absolute atomic E-state index is 0.0762. The molecule has 2 rings (SSSR count). The average Bonchev–Trinajstić information content (AvgIpc) is 2.17. The number of rotatable bonds is 3. The molecule has 0 aromatic carbocycles. The van der Waals surface area contributed by atoms with Crippen LogP contribution in [0.2, 0.25) is 0 Å². The first kappa shape index (κ1) is 11.2. The molecule has 0 atom stereocenters. The number of pyridine rings is 1. The maximum absolute atomic E-state index is 10.4. The topological polar surface area (TPSA) is 74.4 Å². The van der Waals surface area contributed by atoms with E-state index in [1.807, 2.05) is 12.1 Å². The van der Waals surface area contributed by atoms with Crippen molar-refractivity contribution in [3.05, 3.63) is 22.9 Å². The highest BCUT2D eigenvalue weighted by atomic mass is 79.9. The summed E-state index contributed by atoms with van der Waals surface area (Å²) >= 11 is 3.24. The summed E-state index contributed by atoms with van der Waals surface area (Å²) in [5.74, 6) is 0.714. The lowest BCUT2D eigenvalue weighted by atomic mass is 9.92. The van der Waals surface area contributed by atoms with E-state index in [9.17, 15) is 4.79 Å². The van der Waals surface area contributed by atoms with Crippen LogP contribution in [-0.4, -0.2) is 23.3 Å². The van der Waals surface area contributed by atoms with Gasteiger partial charge in [-0.25, -0.2) is 9.78 Å². The summed E-state index contributed by atoms with van der Waals surface area (Å²) in [4.78, 5) is 14.5. The smallest absolute Gasteiger partial charge is 0.404 e. The molecule has 86 valence electrons. The molecule has 5 nitrogen and oxygen atoms in total. The molecular weight excluding hydrogens is 276 g/mol. The van der Waals surface area contributed by atoms with Crippen LogP contribution in [0.1, 0.15) is 12.8 Å². The molecule has 0 bridgehead atoms. The Bertz CT molecular complexity index is 376. The first-order valence-electron chi connectivity index (χ1n) is 4.88.